The molecule has 0 saturated carbocycles. The van der Waals surface area contributed by atoms with Crippen LogP contribution in [0.5, 0.6) is 0 Å². The van der Waals surface area contributed by atoms with E-state index in [9.17, 15) is 0 Å². The molecular weight excluding hydrogens is 200 g/mol. The third kappa shape index (κ3) is 2.92. The molecule has 88 valence electrons. The molecule has 1 aromatic heterocycles. The highest BCUT2D eigenvalue weighted by atomic mass is 15.1. The van der Waals surface area contributed by atoms with Crippen molar-refractivity contribution in [3.8, 4) is 0 Å². The van der Waals surface area contributed by atoms with E-state index in [1.54, 1.807) is 6.20 Å². The Bertz CT molecular complexity index is 334. The highest BCUT2D eigenvalue weighted by molar-refractivity contribution is 5.26. The molecule has 0 amide bonds. The molecule has 2 N–H and O–H groups in total. The second-order valence-corrected chi connectivity index (χ2v) is 4.56. The molecule has 1 saturated heterocycles. The van der Waals surface area contributed by atoms with Gasteiger partial charge in [-0.25, -0.2) is 9.97 Å². The summed E-state index contributed by atoms with van der Waals surface area (Å²) < 4.78 is 0. The molecule has 1 aromatic rings. The number of nitrogens with one attached hydrogen (secondary N) is 2. The normalized spacial score (nSPS) is 22.8. The minimum Gasteiger partial charge on any atom is -0.351 e. The molecular formula is C12H20N4. The molecule has 2 heterocycles. The van der Waals surface area contributed by atoms with E-state index in [-0.39, 0.29) is 0 Å². The number of nitrogens with zero attached hydrogens (tertiary/aromatic N) is 2. The van der Waals surface area contributed by atoms with E-state index in [1.165, 1.54) is 12.8 Å². The Morgan fingerprint density at radius 2 is 2.44 bits per heavy atom. The number of piperidine rings is 1. The number of aromatic nitrogens is 2. The van der Waals surface area contributed by atoms with Crippen LogP contribution in [0.3, 0.4) is 0 Å². The van der Waals surface area contributed by atoms with E-state index in [2.05, 4.69) is 27.5 Å². The van der Waals surface area contributed by atoms with Crippen LogP contribution in [0.2, 0.25) is 0 Å². The predicted molar refractivity (Wildman–Crippen MR) is 65.4 cm³/mol. The number of hydrogen-bond donors (Lipinski definition) is 2. The van der Waals surface area contributed by atoms with E-state index in [4.69, 9.17) is 0 Å². The topological polar surface area (TPSA) is 49.8 Å². The van der Waals surface area contributed by atoms with Crippen molar-refractivity contribution >= 4 is 5.95 Å². The Kier molecular flexibility index (Phi) is 3.72. The monoisotopic (exact) mass is 220 g/mol. The van der Waals surface area contributed by atoms with Crippen LogP contribution in [0, 0.1) is 12.8 Å². The third-order valence-corrected chi connectivity index (χ3v) is 3.19. The summed E-state index contributed by atoms with van der Waals surface area (Å²) >= 11 is 0. The Balaban J connectivity index is 1.93. The first-order valence-electron chi connectivity index (χ1n) is 6.02. The van der Waals surface area contributed by atoms with E-state index in [0.717, 1.165) is 24.7 Å². The SMILES string of the molecule is Cc1ccnc(NC(C)C2CCCNC2)n1. The molecule has 4 nitrogen and oxygen atoms in total. The Hall–Kier alpha value is -1.16. The summed E-state index contributed by atoms with van der Waals surface area (Å²) in [5.74, 6) is 1.43. The van der Waals surface area contributed by atoms with E-state index < -0.39 is 0 Å². The molecule has 0 radical (unpaired) electrons. The first-order chi connectivity index (χ1) is 7.75. The number of rotatable bonds is 3. The number of anilines is 1. The maximum atomic E-state index is 4.37. The van der Waals surface area contributed by atoms with Crippen molar-refractivity contribution < 1.29 is 0 Å². The minimum absolute atomic E-state index is 0.426. The largest absolute Gasteiger partial charge is 0.351 e. The standard InChI is InChI=1S/C12H20N4/c1-9-5-7-14-12(15-9)16-10(2)11-4-3-6-13-8-11/h5,7,10-11,13H,3-4,6,8H2,1-2H3,(H,14,15,16). The van der Waals surface area contributed by atoms with Crippen molar-refractivity contribution in [1.29, 1.82) is 0 Å². The lowest BCUT2D eigenvalue weighted by Crippen LogP contribution is -2.39. The van der Waals surface area contributed by atoms with Gasteiger partial charge >= 0.3 is 0 Å². The Labute approximate surface area is 96.9 Å². The van der Waals surface area contributed by atoms with Crippen molar-refractivity contribution in [3.05, 3.63) is 18.0 Å². The van der Waals surface area contributed by atoms with Gasteiger partial charge in [0.1, 0.15) is 0 Å². The fourth-order valence-corrected chi connectivity index (χ4v) is 2.15. The average Bonchev–Trinajstić information content (AvgIpc) is 2.30. The maximum Gasteiger partial charge on any atom is 0.223 e. The van der Waals surface area contributed by atoms with E-state index in [1.807, 2.05) is 13.0 Å². The number of hydrogen-bond acceptors (Lipinski definition) is 4. The Morgan fingerprint density at radius 1 is 1.56 bits per heavy atom. The van der Waals surface area contributed by atoms with Gasteiger partial charge in [-0.05, 0) is 51.8 Å². The van der Waals surface area contributed by atoms with Crippen LogP contribution in [0.25, 0.3) is 0 Å². The smallest absolute Gasteiger partial charge is 0.223 e. The fraction of sp³-hybridized carbons (Fsp3) is 0.667. The molecule has 1 fully saturated rings. The van der Waals surface area contributed by atoms with Crippen molar-refractivity contribution in [1.82, 2.24) is 15.3 Å². The summed E-state index contributed by atoms with van der Waals surface area (Å²) in [5.41, 5.74) is 1.01. The van der Waals surface area contributed by atoms with Gasteiger partial charge in [-0.15, -0.1) is 0 Å². The summed E-state index contributed by atoms with van der Waals surface area (Å²) in [4.78, 5) is 8.60. The molecule has 0 aliphatic carbocycles. The molecule has 2 unspecified atom stereocenters. The molecule has 2 rings (SSSR count). The maximum absolute atomic E-state index is 4.37. The lowest BCUT2D eigenvalue weighted by atomic mass is 9.93. The number of aryl methyl sites for hydroxylation is 1. The molecule has 1 aliphatic rings. The zero-order valence-corrected chi connectivity index (χ0v) is 10.0. The van der Waals surface area contributed by atoms with Gasteiger partial charge in [0.15, 0.2) is 0 Å². The average molecular weight is 220 g/mol. The van der Waals surface area contributed by atoms with Crippen LogP contribution in [0.15, 0.2) is 12.3 Å². The summed E-state index contributed by atoms with van der Waals surface area (Å²) in [6, 6.07) is 2.34. The molecule has 0 aromatic carbocycles. The van der Waals surface area contributed by atoms with E-state index >= 15 is 0 Å². The summed E-state index contributed by atoms with van der Waals surface area (Å²) in [7, 11) is 0. The zero-order chi connectivity index (χ0) is 11.4. The molecule has 4 heteroatoms. The summed E-state index contributed by atoms with van der Waals surface area (Å²) in [6.45, 7) is 6.45. The van der Waals surface area contributed by atoms with Gasteiger partial charge in [0.25, 0.3) is 0 Å². The van der Waals surface area contributed by atoms with Gasteiger partial charge in [0.05, 0.1) is 0 Å². The van der Waals surface area contributed by atoms with Crippen molar-refractivity contribution in [3.63, 3.8) is 0 Å². The fourth-order valence-electron chi connectivity index (χ4n) is 2.15. The molecule has 1 aliphatic heterocycles. The van der Waals surface area contributed by atoms with E-state index in [0.29, 0.717) is 12.0 Å². The van der Waals surface area contributed by atoms with Gasteiger partial charge in [0.2, 0.25) is 5.95 Å². The van der Waals surface area contributed by atoms with Gasteiger partial charge in [0, 0.05) is 17.9 Å². The molecule has 0 spiro atoms. The van der Waals surface area contributed by atoms with Crippen LogP contribution < -0.4 is 10.6 Å². The minimum atomic E-state index is 0.426. The predicted octanol–water partition coefficient (Wildman–Crippen LogP) is 1.59. The molecule has 2 atom stereocenters. The summed E-state index contributed by atoms with van der Waals surface area (Å²) in [6.07, 6.45) is 4.36. The Morgan fingerprint density at radius 3 is 3.12 bits per heavy atom. The third-order valence-electron chi connectivity index (χ3n) is 3.19. The van der Waals surface area contributed by atoms with Gasteiger partial charge in [-0.3, -0.25) is 0 Å². The molecule has 16 heavy (non-hydrogen) atoms. The first kappa shape index (κ1) is 11.3. The van der Waals surface area contributed by atoms with Crippen molar-refractivity contribution in [2.24, 2.45) is 5.92 Å². The van der Waals surface area contributed by atoms with Gasteiger partial charge in [-0.2, -0.15) is 0 Å². The molecule has 0 bridgehead atoms. The van der Waals surface area contributed by atoms with Crippen molar-refractivity contribution in [2.45, 2.75) is 32.7 Å². The van der Waals surface area contributed by atoms with Crippen molar-refractivity contribution in [2.75, 3.05) is 18.4 Å². The second-order valence-electron chi connectivity index (χ2n) is 4.56. The van der Waals surface area contributed by atoms with Gasteiger partial charge in [-0.1, -0.05) is 0 Å². The van der Waals surface area contributed by atoms with Crippen LogP contribution in [0.1, 0.15) is 25.5 Å². The first-order valence-corrected chi connectivity index (χ1v) is 6.02. The lowest BCUT2D eigenvalue weighted by molar-refractivity contribution is 0.346. The second kappa shape index (κ2) is 5.25. The van der Waals surface area contributed by atoms with Crippen LogP contribution in [0.4, 0.5) is 5.95 Å². The van der Waals surface area contributed by atoms with Gasteiger partial charge < -0.3 is 10.6 Å². The zero-order valence-electron chi connectivity index (χ0n) is 10.0. The summed E-state index contributed by atoms with van der Waals surface area (Å²) in [5, 5.41) is 6.82. The quantitative estimate of drug-likeness (QED) is 0.812. The van der Waals surface area contributed by atoms with Crippen LogP contribution in [-0.4, -0.2) is 29.1 Å². The van der Waals surface area contributed by atoms with Crippen LogP contribution in [-0.2, 0) is 0 Å². The highest BCUT2D eigenvalue weighted by Gasteiger charge is 2.20. The lowest BCUT2D eigenvalue weighted by Gasteiger charge is -2.28. The van der Waals surface area contributed by atoms with Crippen LogP contribution >= 0.6 is 0 Å². The highest BCUT2D eigenvalue weighted by Crippen LogP contribution is 2.16.